The zero-order chi connectivity index (χ0) is 26.3. The fourth-order valence-electron chi connectivity index (χ4n) is 4.83. The first-order chi connectivity index (χ1) is 18.5. The van der Waals surface area contributed by atoms with Crippen LogP contribution in [0.5, 0.6) is 0 Å². The third-order valence-corrected chi connectivity index (χ3v) is 6.85. The number of carbonyl (C=O) groups is 2. The van der Waals surface area contributed by atoms with E-state index >= 15 is 0 Å². The van der Waals surface area contributed by atoms with Crippen molar-refractivity contribution in [3.8, 4) is 11.3 Å². The molecule has 38 heavy (non-hydrogen) atoms. The SMILES string of the molecule is NC(=O)CCCCC[C@H](NC(=O)Cn1nnc(N2CCCC2)n1)c1ncc(-c2ccc3ccccc3c2)[nH]1. The standard InChI is InChI=1S/C27H33N9O2/c28-24(37)11-3-1-2-10-22(30-25(38)18-36-33-27(32-34-36)35-14-6-7-15-35)26-29-17-23(31-26)21-13-12-19-8-4-5-9-20(19)16-21/h4-5,8-9,12-13,16-17,22H,1-3,6-7,10-11,14-15,18H2,(H2,28,37)(H,29,31)(H,30,38)/t22-/m0/s1. The van der Waals surface area contributed by atoms with Crippen LogP contribution in [0.15, 0.2) is 48.7 Å². The lowest BCUT2D eigenvalue weighted by Crippen LogP contribution is -2.33. The first-order valence-electron chi connectivity index (χ1n) is 13.2. The summed E-state index contributed by atoms with van der Waals surface area (Å²) in [6.45, 7) is 1.79. The Balaban J connectivity index is 1.27. The molecular formula is C27H33N9O2. The number of carbonyl (C=O) groups excluding carboxylic acids is 2. The fourth-order valence-corrected chi connectivity index (χ4v) is 4.83. The maximum atomic E-state index is 13.0. The first-order valence-corrected chi connectivity index (χ1v) is 13.2. The molecule has 0 spiro atoms. The third-order valence-electron chi connectivity index (χ3n) is 6.85. The number of H-pyrrole nitrogens is 1. The molecule has 0 radical (unpaired) electrons. The Labute approximate surface area is 220 Å². The zero-order valence-electron chi connectivity index (χ0n) is 21.3. The Kier molecular flexibility index (Phi) is 7.91. The molecule has 0 aliphatic carbocycles. The zero-order valence-corrected chi connectivity index (χ0v) is 21.3. The summed E-state index contributed by atoms with van der Waals surface area (Å²) in [5, 5.41) is 17.9. The van der Waals surface area contributed by atoms with E-state index in [9.17, 15) is 9.59 Å². The van der Waals surface area contributed by atoms with Crippen LogP contribution in [-0.4, -0.2) is 55.1 Å². The average molecular weight is 516 g/mol. The Bertz CT molecular complexity index is 1390. The molecule has 3 heterocycles. The highest BCUT2D eigenvalue weighted by atomic mass is 16.2. The quantitative estimate of drug-likeness (QED) is 0.246. The number of unbranched alkanes of at least 4 members (excludes halogenated alkanes) is 2. The number of rotatable bonds is 12. The van der Waals surface area contributed by atoms with Gasteiger partial charge in [0.25, 0.3) is 5.95 Å². The van der Waals surface area contributed by atoms with Crippen molar-refractivity contribution in [2.75, 3.05) is 18.0 Å². The van der Waals surface area contributed by atoms with Crippen molar-refractivity contribution in [2.24, 2.45) is 5.73 Å². The number of fused-ring (bicyclic) bond motifs is 1. The van der Waals surface area contributed by atoms with Gasteiger partial charge in [0, 0.05) is 25.1 Å². The monoisotopic (exact) mass is 515 g/mol. The molecule has 198 valence electrons. The van der Waals surface area contributed by atoms with Crippen LogP contribution in [0.1, 0.15) is 56.8 Å². The van der Waals surface area contributed by atoms with E-state index in [4.69, 9.17) is 5.73 Å². The fraction of sp³-hybridized carbons (Fsp3) is 0.407. The maximum absolute atomic E-state index is 13.0. The van der Waals surface area contributed by atoms with Crippen LogP contribution in [0, 0.1) is 0 Å². The highest BCUT2D eigenvalue weighted by Gasteiger charge is 2.21. The molecule has 0 bridgehead atoms. The van der Waals surface area contributed by atoms with Gasteiger partial charge in [0.2, 0.25) is 11.8 Å². The molecule has 11 nitrogen and oxygen atoms in total. The van der Waals surface area contributed by atoms with Crippen molar-refractivity contribution < 1.29 is 9.59 Å². The van der Waals surface area contributed by atoms with E-state index in [1.54, 1.807) is 6.20 Å². The number of benzene rings is 2. The molecule has 4 aromatic rings. The van der Waals surface area contributed by atoms with Gasteiger partial charge >= 0.3 is 0 Å². The largest absolute Gasteiger partial charge is 0.370 e. The predicted molar refractivity (Wildman–Crippen MR) is 144 cm³/mol. The van der Waals surface area contributed by atoms with E-state index in [1.165, 1.54) is 10.2 Å². The molecule has 4 N–H and O–H groups in total. The molecule has 5 rings (SSSR count). The topological polar surface area (TPSA) is 148 Å². The van der Waals surface area contributed by atoms with Crippen LogP contribution in [0.4, 0.5) is 5.95 Å². The van der Waals surface area contributed by atoms with Crippen LogP contribution in [0.25, 0.3) is 22.0 Å². The van der Waals surface area contributed by atoms with Crippen molar-refractivity contribution >= 4 is 28.5 Å². The maximum Gasteiger partial charge on any atom is 0.266 e. The molecule has 1 aliphatic rings. The predicted octanol–water partition coefficient (Wildman–Crippen LogP) is 3.11. The number of amides is 2. The summed E-state index contributed by atoms with van der Waals surface area (Å²) in [4.78, 5) is 35.5. The minimum Gasteiger partial charge on any atom is -0.370 e. The summed E-state index contributed by atoms with van der Waals surface area (Å²) in [5.41, 5.74) is 7.17. The van der Waals surface area contributed by atoms with E-state index in [1.807, 2.05) is 12.1 Å². The van der Waals surface area contributed by atoms with Gasteiger partial charge in [-0.2, -0.15) is 4.80 Å². The number of nitrogens with two attached hydrogens (primary N) is 1. The minimum absolute atomic E-state index is 0.0305. The van der Waals surface area contributed by atoms with E-state index in [0.717, 1.165) is 61.8 Å². The number of tetrazole rings is 1. The van der Waals surface area contributed by atoms with Crippen molar-refractivity contribution in [1.29, 1.82) is 0 Å². The Morgan fingerprint density at radius 2 is 1.87 bits per heavy atom. The minimum atomic E-state index is -0.327. The van der Waals surface area contributed by atoms with Crippen LogP contribution in [-0.2, 0) is 16.1 Å². The van der Waals surface area contributed by atoms with Crippen molar-refractivity contribution in [3.05, 3.63) is 54.5 Å². The second-order valence-electron chi connectivity index (χ2n) is 9.74. The highest BCUT2D eigenvalue weighted by Crippen LogP contribution is 2.26. The second-order valence-corrected chi connectivity index (χ2v) is 9.74. The lowest BCUT2D eigenvalue weighted by molar-refractivity contribution is -0.123. The van der Waals surface area contributed by atoms with Gasteiger partial charge in [-0.15, -0.1) is 5.10 Å². The van der Waals surface area contributed by atoms with Crippen LogP contribution >= 0.6 is 0 Å². The van der Waals surface area contributed by atoms with Gasteiger partial charge in [-0.1, -0.05) is 54.3 Å². The van der Waals surface area contributed by atoms with E-state index in [-0.39, 0.29) is 24.4 Å². The Morgan fingerprint density at radius 1 is 1.05 bits per heavy atom. The van der Waals surface area contributed by atoms with E-state index < -0.39 is 0 Å². The van der Waals surface area contributed by atoms with Crippen molar-refractivity contribution in [1.82, 2.24) is 35.5 Å². The van der Waals surface area contributed by atoms with E-state index in [2.05, 4.69) is 65.9 Å². The summed E-state index contributed by atoms with van der Waals surface area (Å²) in [6, 6.07) is 14.2. The van der Waals surface area contributed by atoms with Gasteiger partial charge in [0.1, 0.15) is 12.4 Å². The average Bonchev–Trinajstić information content (AvgIpc) is 3.69. The van der Waals surface area contributed by atoms with Gasteiger partial charge in [-0.3, -0.25) is 9.59 Å². The lowest BCUT2D eigenvalue weighted by Gasteiger charge is -2.17. The third kappa shape index (κ3) is 6.34. The van der Waals surface area contributed by atoms with Crippen LogP contribution in [0.3, 0.4) is 0 Å². The van der Waals surface area contributed by atoms with Crippen LogP contribution < -0.4 is 16.0 Å². The van der Waals surface area contributed by atoms with Crippen LogP contribution in [0.2, 0.25) is 0 Å². The number of hydrogen-bond acceptors (Lipinski definition) is 7. The first kappa shape index (κ1) is 25.4. The number of hydrogen-bond donors (Lipinski definition) is 3. The van der Waals surface area contributed by atoms with Crippen molar-refractivity contribution in [3.63, 3.8) is 0 Å². The summed E-state index contributed by atoms with van der Waals surface area (Å²) in [5.74, 6) is 0.726. The Morgan fingerprint density at radius 3 is 2.68 bits per heavy atom. The normalized spacial score (nSPS) is 14.2. The number of aromatic amines is 1. The molecule has 11 heteroatoms. The number of anilines is 1. The second kappa shape index (κ2) is 11.8. The molecule has 1 aliphatic heterocycles. The molecule has 0 saturated carbocycles. The molecular weight excluding hydrogens is 482 g/mol. The van der Waals surface area contributed by atoms with Gasteiger partial charge in [-0.05, 0) is 47.7 Å². The van der Waals surface area contributed by atoms with Gasteiger partial charge in [0.15, 0.2) is 0 Å². The number of imidazole rings is 1. The van der Waals surface area contributed by atoms with Gasteiger partial charge in [-0.25, -0.2) is 4.98 Å². The molecule has 2 aromatic heterocycles. The highest BCUT2D eigenvalue weighted by molar-refractivity contribution is 5.86. The smallest absolute Gasteiger partial charge is 0.266 e. The number of nitrogens with one attached hydrogen (secondary N) is 2. The molecule has 1 fully saturated rings. The molecule has 1 saturated heterocycles. The number of aromatic nitrogens is 6. The Hall–Kier alpha value is -4.28. The summed E-state index contributed by atoms with van der Waals surface area (Å²) >= 11 is 0. The summed E-state index contributed by atoms with van der Waals surface area (Å²) < 4.78 is 0. The van der Waals surface area contributed by atoms with E-state index in [0.29, 0.717) is 24.6 Å². The van der Waals surface area contributed by atoms with Crippen molar-refractivity contribution in [2.45, 2.75) is 57.5 Å². The number of nitrogens with zero attached hydrogens (tertiary/aromatic N) is 6. The summed E-state index contributed by atoms with van der Waals surface area (Å²) in [6.07, 6.45) is 7.41. The number of primary amides is 1. The van der Waals surface area contributed by atoms with Gasteiger partial charge in [0.05, 0.1) is 17.9 Å². The lowest BCUT2D eigenvalue weighted by atomic mass is 10.1. The molecule has 0 unspecified atom stereocenters. The summed E-state index contributed by atoms with van der Waals surface area (Å²) in [7, 11) is 0. The molecule has 2 aromatic carbocycles. The molecule has 1 atom stereocenters. The molecule has 2 amide bonds. The van der Waals surface area contributed by atoms with Gasteiger partial charge < -0.3 is 20.9 Å².